The first-order chi connectivity index (χ1) is 10.7. The van der Waals surface area contributed by atoms with Crippen molar-refractivity contribution in [3.05, 3.63) is 34.9 Å². The van der Waals surface area contributed by atoms with Gasteiger partial charge in [-0.25, -0.2) is 0 Å². The molecule has 1 aromatic carbocycles. The average Bonchev–Trinajstić information content (AvgIpc) is 2.90. The first-order valence-electron chi connectivity index (χ1n) is 8.75. The number of hydrogen-bond donors (Lipinski definition) is 0. The van der Waals surface area contributed by atoms with E-state index in [1.807, 2.05) is 12.1 Å². The summed E-state index contributed by atoms with van der Waals surface area (Å²) in [6, 6.07) is 8.18. The molecule has 1 saturated carbocycles. The Morgan fingerprint density at radius 3 is 2.45 bits per heavy atom. The fraction of sp³-hybridized carbons (Fsp3) is 0.632. The Kier molecular flexibility index (Phi) is 5.41. The molecule has 1 heterocycles. The predicted octanol–water partition coefficient (Wildman–Crippen LogP) is 5.02. The van der Waals surface area contributed by atoms with Gasteiger partial charge in [-0.05, 0) is 49.3 Å². The van der Waals surface area contributed by atoms with Gasteiger partial charge in [0.2, 0.25) is 5.91 Å². The minimum absolute atomic E-state index is 0.382. The van der Waals surface area contributed by atoms with E-state index in [0.29, 0.717) is 17.7 Å². The van der Waals surface area contributed by atoms with Crippen molar-refractivity contribution < 1.29 is 4.79 Å². The minimum Gasteiger partial charge on any atom is -0.342 e. The van der Waals surface area contributed by atoms with Crippen LogP contribution in [0.25, 0.3) is 0 Å². The molecule has 22 heavy (non-hydrogen) atoms. The van der Waals surface area contributed by atoms with Crippen molar-refractivity contribution in [1.29, 1.82) is 0 Å². The van der Waals surface area contributed by atoms with Crippen LogP contribution in [0, 0.1) is 5.92 Å². The Hall–Kier alpha value is -1.02. The van der Waals surface area contributed by atoms with Crippen molar-refractivity contribution in [2.75, 3.05) is 13.1 Å². The van der Waals surface area contributed by atoms with E-state index in [9.17, 15) is 4.79 Å². The fourth-order valence-corrected chi connectivity index (χ4v) is 4.09. The number of amides is 1. The van der Waals surface area contributed by atoms with Crippen LogP contribution >= 0.6 is 11.6 Å². The third-order valence-corrected chi connectivity index (χ3v) is 5.56. The first-order valence-corrected chi connectivity index (χ1v) is 9.13. The molecule has 0 radical (unpaired) electrons. The molecule has 1 aliphatic heterocycles. The molecule has 3 rings (SSSR count). The van der Waals surface area contributed by atoms with Crippen LogP contribution in [0.3, 0.4) is 0 Å². The molecule has 2 fully saturated rings. The highest BCUT2D eigenvalue weighted by atomic mass is 35.5. The number of hydrogen-bond acceptors (Lipinski definition) is 1. The van der Waals surface area contributed by atoms with Gasteiger partial charge in [0.25, 0.3) is 0 Å². The van der Waals surface area contributed by atoms with Crippen LogP contribution in [0.2, 0.25) is 5.02 Å². The second-order valence-corrected chi connectivity index (χ2v) is 7.38. The van der Waals surface area contributed by atoms with Crippen LogP contribution in [-0.2, 0) is 4.79 Å². The summed E-state index contributed by atoms with van der Waals surface area (Å²) in [5.74, 6) is 1.49. The summed E-state index contributed by atoms with van der Waals surface area (Å²) >= 11 is 5.99. The van der Waals surface area contributed by atoms with Crippen LogP contribution in [0.5, 0.6) is 0 Å². The quantitative estimate of drug-likeness (QED) is 0.766. The lowest BCUT2D eigenvalue weighted by Gasteiger charge is -2.26. The van der Waals surface area contributed by atoms with E-state index in [0.717, 1.165) is 31.0 Å². The number of rotatable bonds is 3. The third kappa shape index (κ3) is 4.04. The van der Waals surface area contributed by atoms with Gasteiger partial charge in [-0.2, -0.15) is 0 Å². The highest BCUT2D eigenvalue weighted by Crippen LogP contribution is 2.31. The zero-order chi connectivity index (χ0) is 15.4. The van der Waals surface area contributed by atoms with Gasteiger partial charge >= 0.3 is 0 Å². The molecular weight excluding hydrogens is 294 g/mol. The van der Waals surface area contributed by atoms with Gasteiger partial charge in [0.05, 0.1) is 0 Å². The van der Waals surface area contributed by atoms with E-state index >= 15 is 0 Å². The molecule has 0 aromatic heterocycles. The summed E-state index contributed by atoms with van der Waals surface area (Å²) in [6.07, 6.45) is 9.42. The Labute approximate surface area is 138 Å². The molecule has 0 bridgehead atoms. The van der Waals surface area contributed by atoms with Crippen molar-refractivity contribution in [2.24, 2.45) is 5.92 Å². The van der Waals surface area contributed by atoms with Gasteiger partial charge in [-0.3, -0.25) is 4.79 Å². The molecule has 120 valence electrons. The molecule has 0 spiro atoms. The number of benzene rings is 1. The lowest BCUT2D eigenvalue weighted by atomic mass is 9.94. The lowest BCUT2D eigenvalue weighted by Crippen LogP contribution is -2.35. The maximum Gasteiger partial charge on any atom is 0.222 e. The van der Waals surface area contributed by atoms with E-state index in [1.165, 1.54) is 44.1 Å². The second-order valence-electron chi connectivity index (χ2n) is 6.94. The van der Waals surface area contributed by atoms with Crippen molar-refractivity contribution >= 4 is 17.5 Å². The summed E-state index contributed by atoms with van der Waals surface area (Å²) < 4.78 is 0. The first kappa shape index (κ1) is 15.9. The molecule has 2 nitrogen and oxygen atoms in total. The molecule has 1 aliphatic carbocycles. The largest absolute Gasteiger partial charge is 0.342 e. The summed E-state index contributed by atoms with van der Waals surface area (Å²) in [5.41, 5.74) is 1.32. The van der Waals surface area contributed by atoms with Gasteiger partial charge in [0.15, 0.2) is 0 Å². The Morgan fingerprint density at radius 2 is 1.73 bits per heavy atom. The van der Waals surface area contributed by atoms with E-state index in [4.69, 9.17) is 11.6 Å². The van der Waals surface area contributed by atoms with E-state index in [2.05, 4.69) is 17.0 Å². The lowest BCUT2D eigenvalue weighted by molar-refractivity contribution is -0.132. The smallest absolute Gasteiger partial charge is 0.222 e. The highest BCUT2D eigenvalue weighted by Gasteiger charge is 2.26. The van der Waals surface area contributed by atoms with E-state index < -0.39 is 0 Å². The number of likely N-dealkylation sites (tertiary alicyclic amines) is 1. The highest BCUT2D eigenvalue weighted by molar-refractivity contribution is 6.30. The third-order valence-electron chi connectivity index (χ3n) is 5.30. The topological polar surface area (TPSA) is 20.3 Å². The number of halogens is 1. The standard InChI is InChI=1S/C19H26ClNO/c20-18-10-8-16(9-11-18)17-7-3-4-12-21(14-17)19(22)13-15-5-1-2-6-15/h8-11,15,17H,1-7,12-14H2. The summed E-state index contributed by atoms with van der Waals surface area (Å²) in [7, 11) is 0. The zero-order valence-corrected chi connectivity index (χ0v) is 14.0. The van der Waals surface area contributed by atoms with Crippen LogP contribution in [0.1, 0.15) is 62.8 Å². The molecule has 1 atom stereocenters. The Morgan fingerprint density at radius 1 is 1.05 bits per heavy atom. The average molecular weight is 320 g/mol. The zero-order valence-electron chi connectivity index (χ0n) is 13.3. The fourth-order valence-electron chi connectivity index (χ4n) is 3.97. The number of carbonyl (C=O) groups is 1. The maximum absolute atomic E-state index is 12.6. The number of carbonyl (C=O) groups excluding carboxylic acids is 1. The van der Waals surface area contributed by atoms with Crippen molar-refractivity contribution in [3.8, 4) is 0 Å². The number of nitrogens with zero attached hydrogens (tertiary/aromatic N) is 1. The molecule has 3 heteroatoms. The molecule has 2 aliphatic rings. The van der Waals surface area contributed by atoms with Crippen molar-refractivity contribution in [1.82, 2.24) is 4.90 Å². The molecule has 1 unspecified atom stereocenters. The monoisotopic (exact) mass is 319 g/mol. The Bertz CT molecular complexity index is 493. The van der Waals surface area contributed by atoms with Gasteiger partial charge in [-0.15, -0.1) is 0 Å². The van der Waals surface area contributed by atoms with E-state index in [1.54, 1.807) is 0 Å². The van der Waals surface area contributed by atoms with Crippen molar-refractivity contribution in [2.45, 2.75) is 57.3 Å². The summed E-state index contributed by atoms with van der Waals surface area (Å²) in [5, 5.41) is 0.784. The molecule has 1 amide bonds. The van der Waals surface area contributed by atoms with Crippen LogP contribution in [0.4, 0.5) is 0 Å². The minimum atomic E-state index is 0.382. The molecule has 1 aromatic rings. The van der Waals surface area contributed by atoms with Gasteiger partial charge < -0.3 is 4.90 Å². The van der Waals surface area contributed by atoms with Gasteiger partial charge in [0.1, 0.15) is 0 Å². The molecule has 0 N–H and O–H groups in total. The van der Waals surface area contributed by atoms with Crippen molar-refractivity contribution in [3.63, 3.8) is 0 Å². The Balaban J connectivity index is 1.64. The van der Waals surface area contributed by atoms with Gasteiger partial charge in [0, 0.05) is 30.5 Å². The second kappa shape index (κ2) is 7.50. The van der Waals surface area contributed by atoms with Gasteiger partial charge in [-0.1, -0.05) is 43.0 Å². The summed E-state index contributed by atoms with van der Waals surface area (Å²) in [4.78, 5) is 14.8. The maximum atomic E-state index is 12.6. The normalized spacial score (nSPS) is 23.5. The van der Waals surface area contributed by atoms with Crippen LogP contribution in [-0.4, -0.2) is 23.9 Å². The van der Waals surface area contributed by atoms with Crippen LogP contribution < -0.4 is 0 Å². The predicted molar refractivity (Wildman–Crippen MR) is 91.2 cm³/mol. The molecule has 1 saturated heterocycles. The molecular formula is C19H26ClNO. The van der Waals surface area contributed by atoms with E-state index in [-0.39, 0.29) is 0 Å². The summed E-state index contributed by atoms with van der Waals surface area (Å²) in [6.45, 7) is 1.82. The van der Waals surface area contributed by atoms with Crippen LogP contribution in [0.15, 0.2) is 24.3 Å². The SMILES string of the molecule is O=C(CC1CCCC1)N1CCCCC(c2ccc(Cl)cc2)C1.